The van der Waals surface area contributed by atoms with Crippen LogP contribution in [0.4, 0.5) is 5.82 Å². The number of carboxylic acid groups (broad SMARTS) is 1. The standard InChI is InChI=1S/C21H26N4O2/c26-21(27)14-25(13-16-6-7-16)18-11-17(12-18)23-19-8-9-22-20(24-19)10-15-4-2-1-3-5-15/h1-5,8-9,16-18H,6-7,10-14H2,(H,26,27)(H,22,23,24). The highest BCUT2D eigenvalue weighted by Crippen LogP contribution is 2.34. The molecule has 0 spiro atoms. The van der Waals surface area contributed by atoms with E-state index < -0.39 is 5.97 Å². The van der Waals surface area contributed by atoms with E-state index in [4.69, 9.17) is 5.11 Å². The summed E-state index contributed by atoms with van der Waals surface area (Å²) in [5, 5.41) is 12.7. The first-order chi connectivity index (χ1) is 13.2. The van der Waals surface area contributed by atoms with Crippen LogP contribution in [0.2, 0.25) is 0 Å². The first-order valence-corrected chi connectivity index (χ1v) is 9.74. The summed E-state index contributed by atoms with van der Waals surface area (Å²) in [6, 6.07) is 12.8. The molecule has 2 N–H and O–H groups in total. The maximum absolute atomic E-state index is 11.1. The number of aliphatic carboxylic acids is 1. The average molecular weight is 366 g/mol. The molecule has 1 aromatic carbocycles. The van der Waals surface area contributed by atoms with Gasteiger partial charge in [-0.1, -0.05) is 30.3 Å². The maximum atomic E-state index is 11.1. The molecule has 0 bridgehead atoms. The Kier molecular flexibility index (Phi) is 5.34. The molecule has 0 aliphatic heterocycles. The third-order valence-corrected chi connectivity index (χ3v) is 5.42. The number of benzene rings is 1. The van der Waals surface area contributed by atoms with Crippen molar-refractivity contribution in [2.24, 2.45) is 5.92 Å². The van der Waals surface area contributed by atoms with E-state index in [9.17, 15) is 4.79 Å². The number of nitrogens with zero attached hydrogens (tertiary/aromatic N) is 3. The summed E-state index contributed by atoms with van der Waals surface area (Å²) in [5.41, 5.74) is 1.20. The second-order valence-corrected chi connectivity index (χ2v) is 7.75. The van der Waals surface area contributed by atoms with Crippen molar-refractivity contribution in [3.63, 3.8) is 0 Å². The molecule has 1 aromatic heterocycles. The number of carbonyl (C=O) groups is 1. The topological polar surface area (TPSA) is 78.4 Å². The Morgan fingerprint density at radius 1 is 1.19 bits per heavy atom. The molecule has 2 saturated carbocycles. The Morgan fingerprint density at radius 2 is 1.96 bits per heavy atom. The van der Waals surface area contributed by atoms with E-state index in [0.29, 0.717) is 18.0 Å². The summed E-state index contributed by atoms with van der Waals surface area (Å²) in [7, 11) is 0. The normalized spacial score (nSPS) is 21.7. The van der Waals surface area contributed by atoms with Gasteiger partial charge in [-0.15, -0.1) is 0 Å². The highest BCUT2D eigenvalue weighted by atomic mass is 16.4. The van der Waals surface area contributed by atoms with Crippen LogP contribution in [0, 0.1) is 5.92 Å². The van der Waals surface area contributed by atoms with Crippen molar-refractivity contribution in [1.82, 2.24) is 14.9 Å². The molecule has 1 heterocycles. The van der Waals surface area contributed by atoms with Gasteiger partial charge in [0.25, 0.3) is 0 Å². The summed E-state index contributed by atoms with van der Waals surface area (Å²) in [4.78, 5) is 22.3. The molecule has 0 atom stereocenters. The Balaban J connectivity index is 1.30. The van der Waals surface area contributed by atoms with Gasteiger partial charge in [-0.3, -0.25) is 9.69 Å². The molecule has 2 aromatic rings. The lowest BCUT2D eigenvalue weighted by Gasteiger charge is -2.43. The third kappa shape index (κ3) is 5.04. The van der Waals surface area contributed by atoms with Crippen molar-refractivity contribution in [1.29, 1.82) is 0 Å². The van der Waals surface area contributed by atoms with Crippen LogP contribution in [0.25, 0.3) is 0 Å². The van der Waals surface area contributed by atoms with Gasteiger partial charge in [0.1, 0.15) is 11.6 Å². The number of anilines is 1. The van der Waals surface area contributed by atoms with Crippen LogP contribution in [-0.2, 0) is 11.2 Å². The van der Waals surface area contributed by atoms with Crippen molar-refractivity contribution in [2.45, 2.75) is 44.2 Å². The summed E-state index contributed by atoms with van der Waals surface area (Å²) in [5.74, 6) is 1.64. The van der Waals surface area contributed by atoms with Crippen molar-refractivity contribution in [2.75, 3.05) is 18.4 Å². The molecule has 2 aliphatic rings. The molecule has 2 fully saturated rings. The first-order valence-electron chi connectivity index (χ1n) is 9.74. The zero-order valence-corrected chi connectivity index (χ0v) is 15.4. The highest BCUT2D eigenvalue weighted by Gasteiger charge is 2.37. The molecule has 2 aliphatic carbocycles. The van der Waals surface area contributed by atoms with Gasteiger partial charge in [0.05, 0.1) is 6.54 Å². The van der Waals surface area contributed by atoms with E-state index >= 15 is 0 Å². The number of hydrogen-bond donors (Lipinski definition) is 2. The third-order valence-electron chi connectivity index (χ3n) is 5.42. The Morgan fingerprint density at radius 3 is 2.67 bits per heavy atom. The molecule has 6 heteroatoms. The highest BCUT2D eigenvalue weighted by molar-refractivity contribution is 5.69. The fraction of sp³-hybridized carbons (Fsp3) is 0.476. The SMILES string of the molecule is O=C(O)CN(CC1CC1)C1CC(Nc2ccnc(Cc3ccccc3)n2)C1. The molecule has 0 amide bonds. The molecule has 6 nitrogen and oxygen atoms in total. The van der Waals surface area contributed by atoms with Gasteiger partial charge in [-0.05, 0) is 43.2 Å². The lowest BCUT2D eigenvalue weighted by atomic mass is 9.85. The van der Waals surface area contributed by atoms with Crippen LogP contribution in [0.1, 0.15) is 37.1 Å². The Hall–Kier alpha value is -2.47. The number of nitrogens with one attached hydrogen (secondary N) is 1. The van der Waals surface area contributed by atoms with E-state index in [-0.39, 0.29) is 6.54 Å². The lowest BCUT2D eigenvalue weighted by molar-refractivity contribution is -0.139. The summed E-state index contributed by atoms with van der Waals surface area (Å²) < 4.78 is 0. The monoisotopic (exact) mass is 366 g/mol. The van der Waals surface area contributed by atoms with E-state index in [0.717, 1.165) is 37.4 Å². The predicted octanol–water partition coefficient (Wildman–Crippen LogP) is 2.81. The average Bonchev–Trinajstić information content (AvgIpc) is 3.42. The molecule has 0 radical (unpaired) electrons. The van der Waals surface area contributed by atoms with Crippen molar-refractivity contribution in [3.8, 4) is 0 Å². The number of rotatable bonds is 9. The fourth-order valence-electron chi connectivity index (χ4n) is 3.70. The van der Waals surface area contributed by atoms with Gasteiger partial charge in [-0.2, -0.15) is 0 Å². The number of hydrogen-bond acceptors (Lipinski definition) is 5. The predicted molar refractivity (Wildman–Crippen MR) is 104 cm³/mol. The minimum atomic E-state index is -0.728. The Bertz CT molecular complexity index is 773. The van der Waals surface area contributed by atoms with Crippen LogP contribution in [0.15, 0.2) is 42.6 Å². The minimum absolute atomic E-state index is 0.155. The first kappa shape index (κ1) is 17.9. The minimum Gasteiger partial charge on any atom is -0.480 e. The summed E-state index contributed by atoms with van der Waals surface area (Å²) >= 11 is 0. The molecule has 27 heavy (non-hydrogen) atoms. The van der Waals surface area contributed by atoms with E-state index in [1.54, 1.807) is 6.20 Å². The van der Waals surface area contributed by atoms with Gasteiger partial charge < -0.3 is 10.4 Å². The summed E-state index contributed by atoms with van der Waals surface area (Å²) in [6.45, 7) is 1.08. The molecule has 4 rings (SSSR count). The van der Waals surface area contributed by atoms with Crippen LogP contribution < -0.4 is 5.32 Å². The van der Waals surface area contributed by atoms with Crippen molar-refractivity contribution in [3.05, 3.63) is 54.0 Å². The van der Waals surface area contributed by atoms with Gasteiger partial charge in [0.15, 0.2) is 0 Å². The largest absolute Gasteiger partial charge is 0.480 e. The van der Waals surface area contributed by atoms with Crippen LogP contribution in [-0.4, -0.2) is 51.1 Å². The zero-order valence-electron chi connectivity index (χ0n) is 15.4. The van der Waals surface area contributed by atoms with Gasteiger partial charge in [0.2, 0.25) is 0 Å². The van der Waals surface area contributed by atoms with Crippen LogP contribution in [0.3, 0.4) is 0 Å². The smallest absolute Gasteiger partial charge is 0.317 e. The van der Waals surface area contributed by atoms with E-state index in [1.807, 2.05) is 24.3 Å². The summed E-state index contributed by atoms with van der Waals surface area (Å²) in [6.07, 6.45) is 6.95. The number of aromatic nitrogens is 2. The molecule has 0 unspecified atom stereocenters. The maximum Gasteiger partial charge on any atom is 0.317 e. The van der Waals surface area contributed by atoms with Gasteiger partial charge in [-0.25, -0.2) is 9.97 Å². The van der Waals surface area contributed by atoms with Crippen molar-refractivity contribution < 1.29 is 9.90 Å². The van der Waals surface area contributed by atoms with E-state index in [1.165, 1.54) is 18.4 Å². The van der Waals surface area contributed by atoms with Gasteiger partial charge >= 0.3 is 5.97 Å². The number of carboxylic acids is 1. The van der Waals surface area contributed by atoms with E-state index in [2.05, 4.69) is 32.3 Å². The molecular formula is C21H26N4O2. The van der Waals surface area contributed by atoms with Crippen molar-refractivity contribution >= 4 is 11.8 Å². The Labute approximate surface area is 159 Å². The van der Waals surface area contributed by atoms with Gasteiger partial charge in [0, 0.05) is 31.2 Å². The fourth-order valence-corrected chi connectivity index (χ4v) is 3.70. The lowest BCUT2D eigenvalue weighted by Crippen LogP contribution is -2.52. The second-order valence-electron chi connectivity index (χ2n) is 7.75. The second kappa shape index (κ2) is 8.05. The zero-order chi connectivity index (χ0) is 18.6. The molecular weight excluding hydrogens is 340 g/mol. The van der Waals surface area contributed by atoms with Crippen LogP contribution in [0.5, 0.6) is 0 Å². The quantitative estimate of drug-likeness (QED) is 0.711. The molecule has 0 saturated heterocycles. The molecule has 142 valence electrons. The van der Waals surface area contributed by atoms with Crippen LogP contribution >= 0.6 is 0 Å².